The summed E-state index contributed by atoms with van der Waals surface area (Å²) in [6, 6.07) is 2.43. The predicted octanol–water partition coefficient (Wildman–Crippen LogP) is 3.32. The molecule has 1 aliphatic rings. The lowest BCUT2D eigenvalue weighted by Crippen LogP contribution is -2.34. The molecule has 1 aromatic heterocycles. The maximum atomic E-state index is 4.88. The quantitative estimate of drug-likeness (QED) is 0.924. The van der Waals surface area contributed by atoms with Gasteiger partial charge in [0.1, 0.15) is 11.6 Å². The molecule has 118 valence electrons. The first-order valence-corrected chi connectivity index (χ1v) is 8.98. The molecule has 4 nitrogen and oxygen atoms in total. The highest BCUT2D eigenvalue weighted by molar-refractivity contribution is 7.99. The first-order chi connectivity index (χ1) is 9.91. The van der Waals surface area contributed by atoms with Crippen LogP contribution in [0.25, 0.3) is 0 Å². The summed E-state index contributed by atoms with van der Waals surface area (Å²) < 4.78 is 0. The summed E-state index contributed by atoms with van der Waals surface area (Å²) in [7, 11) is 2.18. The standard InChI is InChI=1S/C16H28N4S/c1-6-7-17-14-10-13(16(2,3)4)18-15(19-14)12-11-21-9-8-20(12)5/h10,12H,6-9,11H2,1-5H3,(H,17,18,19). The highest BCUT2D eigenvalue weighted by atomic mass is 32.2. The van der Waals surface area contributed by atoms with Crippen molar-refractivity contribution in [3.05, 3.63) is 17.6 Å². The molecule has 1 N–H and O–H groups in total. The van der Waals surface area contributed by atoms with E-state index in [4.69, 9.17) is 9.97 Å². The van der Waals surface area contributed by atoms with Crippen LogP contribution in [0.3, 0.4) is 0 Å². The van der Waals surface area contributed by atoms with E-state index < -0.39 is 0 Å². The van der Waals surface area contributed by atoms with Crippen molar-refractivity contribution in [3.63, 3.8) is 0 Å². The minimum Gasteiger partial charge on any atom is -0.370 e. The Balaban J connectivity index is 2.34. The predicted molar refractivity (Wildman–Crippen MR) is 92.2 cm³/mol. The van der Waals surface area contributed by atoms with Crippen molar-refractivity contribution in [3.8, 4) is 0 Å². The lowest BCUT2D eigenvalue weighted by Gasteiger charge is -2.32. The molecule has 1 aromatic rings. The van der Waals surface area contributed by atoms with E-state index in [1.165, 1.54) is 5.75 Å². The molecular formula is C16H28N4S. The van der Waals surface area contributed by atoms with Gasteiger partial charge in [0.15, 0.2) is 0 Å². The maximum Gasteiger partial charge on any atom is 0.148 e. The molecule has 2 rings (SSSR count). The summed E-state index contributed by atoms with van der Waals surface area (Å²) in [5.41, 5.74) is 1.16. The van der Waals surface area contributed by atoms with Crippen molar-refractivity contribution in [2.75, 3.05) is 37.0 Å². The minimum absolute atomic E-state index is 0.0424. The molecule has 0 spiro atoms. The summed E-state index contributed by atoms with van der Waals surface area (Å²) in [6.45, 7) is 10.9. The molecule has 2 heterocycles. The Morgan fingerprint density at radius 1 is 1.38 bits per heavy atom. The smallest absolute Gasteiger partial charge is 0.148 e. The fourth-order valence-electron chi connectivity index (χ4n) is 2.30. The molecular weight excluding hydrogens is 280 g/mol. The van der Waals surface area contributed by atoms with Gasteiger partial charge in [0.25, 0.3) is 0 Å². The Morgan fingerprint density at radius 2 is 2.14 bits per heavy atom. The fraction of sp³-hybridized carbons (Fsp3) is 0.750. The lowest BCUT2D eigenvalue weighted by molar-refractivity contribution is 0.263. The summed E-state index contributed by atoms with van der Waals surface area (Å²) in [6.07, 6.45) is 1.10. The van der Waals surface area contributed by atoms with E-state index in [1.54, 1.807) is 0 Å². The van der Waals surface area contributed by atoms with Gasteiger partial charge in [0.05, 0.1) is 11.7 Å². The zero-order valence-electron chi connectivity index (χ0n) is 13.9. The highest BCUT2D eigenvalue weighted by Crippen LogP contribution is 2.29. The van der Waals surface area contributed by atoms with Crippen molar-refractivity contribution in [2.45, 2.75) is 45.6 Å². The van der Waals surface area contributed by atoms with E-state index in [0.717, 1.165) is 42.6 Å². The highest BCUT2D eigenvalue weighted by Gasteiger charge is 2.26. The van der Waals surface area contributed by atoms with Gasteiger partial charge in [-0.05, 0) is 13.5 Å². The average molecular weight is 308 g/mol. The summed E-state index contributed by atoms with van der Waals surface area (Å²) >= 11 is 2.00. The largest absolute Gasteiger partial charge is 0.370 e. The third kappa shape index (κ3) is 4.33. The third-order valence-corrected chi connectivity index (χ3v) is 4.78. The van der Waals surface area contributed by atoms with E-state index in [0.29, 0.717) is 6.04 Å². The zero-order chi connectivity index (χ0) is 15.5. The van der Waals surface area contributed by atoms with Gasteiger partial charge >= 0.3 is 0 Å². The zero-order valence-corrected chi connectivity index (χ0v) is 14.8. The van der Waals surface area contributed by atoms with Crippen LogP contribution in [-0.2, 0) is 5.41 Å². The van der Waals surface area contributed by atoms with Gasteiger partial charge in [0.2, 0.25) is 0 Å². The van der Waals surface area contributed by atoms with Gasteiger partial charge < -0.3 is 5.32 Å². The Morgan fingerprint density at radius 3 is 2.76 bits per heavy atom. The van der Waals surface area contributed by atoms with Crippen LogP contribution in [0.4, 0.5) is 5.82 Å². The topological polar surface area (TPSA) is 41.1 Å². The average Bonchev–Trinajstić information content (AvgIpc) is 2.44. The van der Waals surface area contributed by atoms with Gasteiger partial charge in [-0.15, -0.1) is 0 Å². The first kappa shape index (κ1) is 16.6. The summed E-state index contributed by atoms with van der Waals surface area (Å²) in [5.74, 6) is 4.22. The van der Waals surface area contributed by atoms with Crippen molar-refractivity contribution in [1.82, 2.24) is 14.9 Å². The molecule has 0 amide bonds. The van der Waals surface area contributed by atoms with Gasteiger partial charge in [0, 0.05) is 36.1 Å². The van der Waals surface area contributed by atoms with Crippen LogP contribution < -0.4 is 5.32 Å². The van der Waals surface area contributed by atoms with Gasteiger partial charge in [-0.25, -0.2) is 9.97 Å². The van der Waals surface area contributed by atoms with Gasteiger partial charge in [-0.3, -0.25) is 4.90 Å². The van der Waals surface area contributed by atoms with Crippen LogP contribution in [0.5, 0.6) is 0 Å². The number of nitrogens with zero attached hydrogens (tertiary/aromatic N) is 3. The molecule has 0 aliphatic carbocycles. The molecule has 1 aliphatic heterocycles. The number of rotatable bonds is 4. The molecule has 21 heavy (non-hydrogen) atoms. The summed E-state index contributed by atoms with van der Waals surface area (Å²) in [4.78, 5) is 12.0. The van der Waals surface area contributed by atoms with Crippen molar-refractivity contribution < 1.29 is 0 Å². The van der Waals surface area contributed by atoms with E-state index >= 15 is 0 Å². The van der Waals surface area contributed by atoms with Crippen LogP contribution >= 0.6 is 11.8 Å². The Bertz CT molecular complexity index is 470. The second kappa shape index (κ2) is 6.97. The Hall–Kier alpha value is -0.810. The molecule has 0 radical (unpaired) electrons. The van der Waals surface area contributed by atoms with Crippen LogP contribution in [-0.4, -0.2) is 46.5 Å². The van der Waals surface area contributed by atoms with E-state index in [9.17, 15) is 0 Å². The minimum atomic E-state index is 0.0424. The van der Waals surface area contributed by atoms with Crippen LogP contribution in [0.15, 0.2) is 6.07 Å². The second-order valence-corrected chi connectivity index (χ2v) is 7.89. The van der Waals surface area contributed by atoms with E-state index in [2.05, 4.69) is 51.0 Å². The SMILES string of the molecule is CCCNc1cc(C(C)(C)C)nc(C2CSCCN2C)n1. The van der Waals surface area contributed by atoms with Gasteiger partial charge in [-0.1, -0.05) is 27.7 Å². The molecule has 5 heteroatoms. The number of aromatic nitrogens is 2. The summed E-state index contributed by atoms with van der Waals surface area (Å²) in [5, 5.41) is 3.42. The molecule has 0 aromatic carbocycles. The van der Waals surface area contributed by atoms with Crippen molar-refractivity contribution >= 4 is 17.6 Å². The molecule has 1 atom stereocenters. The Kier molecular flexibility index (Phi) is 5.49. The maximum absolute atomic E-state index is 4.88. The van der Waals surface area contributed by atoms with Gasteiger partial charge in [-0.2, -0.15) is 11.8 Å². The number of thioether (sulfide) groups is 1. The van der Waals surface area contributed by atoms with E-state index in [1.807, 2.05) is 11.8 Å². The number of hydrogen-bond donors (Lipinski definition) is 1. The molecule has 1 fully saturated rings. The molecule has 0 bridgehead atoms. The van der Waals surface area contributed by atoms with Crippen LogP contribution in [0.1, 0.15) is 51.7 Å². The normalized spacial score (nSPS) is 20.5. The number of anilines is 1. The molecule has 1 saturated heterocycles. The number of hydrogen-bond acceptors (Lipinski definition) is 5. The molecule has 1 unspecified atom stereocenters. The third-order valence-electron chi connectivity index (χ3n) is 3.76. The number of nitrogens with one attached hydrogen (secondary N) is 1. The first-order valence-electron chi connectivity index (χ1n) is 7.83. The molecule has 0 saturated carbocycles. The van der Waals surface area contributed by atoms with Crippen molar-refractivity contribution in [1.29, 1.82) is 0 Å². The second-order valence-electron chi connectivity index (χ2n) is 6.74. The van der Waals surface area contributed by atoms with Crippen LogP contribution in [0.2, 0.25) is 0 Å². The monoisotopic (exact) mass is 308 g/mol. The van der Waals surface area contributed by atoms with Crippen LogP contribution in [0, 0.1) is 0 Å². The van der Waals surface area contributed by atoms with E-state index in [-0.39, 0.29) is 5.41 Å². The fourth-order valence-corrected chi connectivity index (χ4v) is 3.51. The lowest BCUT2D eigenvalue weighted by atomic mass is 9.91. The Labute approximate surface area is 133 Å². The van der Waals surface area contributed by atoms with Crippen molar-refractivity contribution in [2.24, 2.45) is 0 Å².